The van der Waals surface area contributed by atoms with Gasteiger partial charge in [-0.2, -0.15) is 5.10 Å². The summed E-state index contributed by atoms with van der Waals surface area (Å²) >= 11 is 3.37. The second-order valence-corrected chi connectivity index (χ2v) is 5.39. The highest BCUT2D eigenvalue weighted by Crippen LogP contribution is 2.19. The first kappa shape index (κ1) is 14.3. The van der Waals surface area contributed by atoms with Gasteiger partial charge in [-0.1, -0.05) is 15.9 Å². The highest BCUT2D eigenvalue weighted by atomic mass is 79.9. The lowest BCUT2D eigenvalue weighted by Gasteiger charge is -2.04. The first-order valence-electron chi connectivity index (χ1n) is 6.39. The number of rotatable bonds is 3. The molecule has 22 heavy (non-hydrogen) atoms. The highest BCUT2D eigenvalue weighted by Gasteiger charge is 2.12. The number of aromatic hydroxyl groups is 1. The second-order valence-electron chi connectivity index (χ2n) is 4.48. The Bertz CT molecular complexity index is 814. The summed E-state index contributed by atoms with van der Waals surface area (Å²) in [6, 6.07) is 10.6. The number of carbonyl (C=O) groups excluding carboxylic acids is 1. The molecule has 110 valence electrons. The van der Waals surface area contributed by atoms with Gasteiger partial charge in [-0.15, -0.1) is 0 Å². The van der Waals surface area contributed by atoms with Crippen molar-refractivity contribution in [2.45, 2.75) is 0 Å². The first-order valence-corrected chi connectivity index (χ1v) is 7.19. The van der Waals surface area contributed by atoms with Gasteiger partial charge in [0.05, 0.1) is 17.4 Å². The molecule has 0 aliphatic rings. The van der Waals surface area contributed by atoms with E-state index in [2.05, 4.69) is 31.3 Å². The Hall–Kier alpha value is -2.67. The minimum absolute atomic E-state index is 0.0869. The van der Waals surface area contributed by atoms with Crippen LogP contribution in [0.1, 0.15) is 10.4 Å². The van der Waals surface area contributed by atoms with Crippen LogP contribution in [0.25, 0.3) is 5.69 Å². The molecule has 0 aliphatic carbocycles. The lowest BCUT2D eigenvalue weighted by Crippen LogP contribution is -2.12. The Morgan fingerprint density at radius 1 is 1.23 bits per heavy atom. The van der Waals surface area contributed by atoms with Crippen LogP contribution in [-0.4, -0.2) is 25.8 Å². The fourth-order valence-electron chi connectivity index (χ4n) is 1.85. The van der Waals surface area contributed by atoms with Crippen LogP contribution in [0, 0.1) is 0 Å². The number of nitrogens with zero attached hydrogens (tertiary/aromatic N) is 3. The molecule has 0 bridgehead atoms. The molecule has 0 spiro atoms. The molecule has 2 N–H and O–H groups in total. The van der Waals surface area contributed by atoms with Crippen molar-refractivity contribution in [3.05, 3.63) is 65.0 Å². The molecule has 2 aromatic heterocycles. The fourth-order valence-corrected chi connectivity index (χ4v) is 2.11. The molecular formula is C15H11BrN4O2. The van der Waals surface area contributed by atoms with Gasteiger partial charge in [0.15, 0.2) is 11.6 Å². The van der Waals surface area contributed by atoms with E-state index in [0.29, 0.717) is 5.56 Å². The third kappa shape index (κ3) is 2.99. The Morgan fingerprint density at radius 3 is 2.73 bits per heavy atom. The monoisotopic (exact) mass is 358 g/mol. The van der Waals surface area contributed by atoms with Crippen molar-refractivity contribution >= 4 is 27.7 Å². The maximum atomic E-state index is 12.1. The number of carbonyl (C=O) groups is 1. The smallest absolute Gasteiger partial charge is 0.260 e. The molecule has 3 aromatic rings. The quantitative estimate of drug-likeness (QED) is 0.754. The Balaban J connectivity index is 1.80. The molecule has 2 heterocycles. The van der Waals surface area contributed by atoms with Crippen molar-refractivity contribution in [1.29, 1.82) is 0 Å². The van der Waals surface area contributed by atoms with Gasteiger partial charge < -0.3 is 10.4 Å². The largest absolute Gasteiger partial charge is 0.504 e. The van der Waals surface area contributed by atoms with Gasteiger partial charge in [0, 0.05) is 16.9 Å². The minimum Gasteiger partial charge on any atom is -0.504 e. The van der Waals surface area contributed by atoms with E-state index in [1.165, 1.54) is 18.5 Å². The van der Waals surface area contributed by atoms with Crippen molar-refractivity contribution in [2.75, 3.05) is 5.32 Å². The fraction of sp³-hybridized carbons (Fsp3) is 0. The predicted molar refractivity (Wildman–Crippen MR) is 85.1 cm³/mol. The van der Waals surface area contributed by atoms with E-state index in [0.717, 1.165) is 10.2 Å². The van der Waals surface area contributed by atoms with Crippen molar-refractivity contribution in [2.24, 2.45) is 0 Å². The molecule has 0 atom stereocenters. The molecule has 3 rings (SSSR count). The lowest BCUT2D eigenvalue weighted by molar-refractivity contribution is 0.102. The molecule has 0 saturated heterocycles. The number of nitrogens with one attached hydrogen (secondary N) is 1. The number of aromatic nitrogens is 3. The number of amides is 1. The van der Waals surface area contributed by atoms with Crippen molar-refractivity contribution in [1.82, 2.24) is 14.8 Å². The summed E-state index contributed by atoms with van der Waals surface area (Å²) in [6.07, 6.45) is 4.55. The van der Waals surface area contributed by atoms with E-state index in [-0.39, 0.29) is 11.6 Å². The van der Waals surface area contributed by atoms with Crippen LogP contribution in [-0.2, 0) is 0 Å². The van der Waals surface area contributed by atoms with Crippen LogP contribution in [0.3, 0.4) is 0 Å². The van der Waals surface area contributed by atoms with Crippen molar-refractivity contribution < 1.29 is 9.90 Å². The zero-order valence-corrected chi connectivity index (χ0v) is 12.9. The zero-order valence-electron chi connectivity index (χ0n) is 11.3. The van der Waals surface area contributed by atoms with Crippen LogP contribution < -0.4 is 5.32 Å². The Morgan fingerprint density at radius 2 is 2.00 bits per heavy atom. The second kappa shape index (κ2) is 5.98. The average molecular weight is 359 g/mol. The highest BCUT2D eigenvalue weighted by molar-refractivity contribution is 9.10. The molecule has 0 unspecified atom stereocenters. The summed E-state index contributed by atoms with van der Waals surface area (Å²) in [7, 11) is 0. The lowest BCUT2D eigenvalue weighted by atomic mass is 10.3. The molecular weight excluding hydrogens is 348 g/mol. The SMILES string of the molecule is O=C(Nc1ncccc1O)c1cnn(-c2ccc(Br)cc2)c1. The molecule has 0 aliphatic heterocycles. The third-order valence-electron chi connectivity index (χ3n) is 2.95. The van der Waals surface area contributed by atoms with Crippen molar-refractivity contribution in [3.63, 3.8) is 0 Å². The summed E-state index contributed by atoms with van der Waals surface area (Å²) in [4.78, 5) is 16.0. The topological polar surface area (TPSA) is 80.0 Å². The van der Waals surface area contributed by atoms with E-state index in [4.69, 9.17) is 0 Å². The molecule has 7 heteroatoms. The van der Waals surface area contributed by atoms with Gasteiger partial charge in [-0.25, -0.2) is 9.67 Å². The van der Waals surface area contributed by atoms with Gasteiger partial charge in [-0.3, -0.25) is 4.79 Å². The van der Waals surface area contributed by atoms with Crippen LogP contribution in [0.2, 0.25) is 0 Å². The normalized spacial score (nSPS) is 10.4. The van der Waals surface area contributed by atoms with Gasteiger partial charge in [0.2, 0.25) is 0 Å². The summed E-state index contributed by atoms with van der Waals surface area (Å²) in [5.41, 5.74) is 1.20. The predicted octanol–water partition coefficient (Wildman–Crippen LogP) is 2.99. The first-order chi connectivity index (χ1) is 10.6. The Labute approximate surface area is 134 Å². The number of pyridine rings is 1. The summed E-state index contributed by atoms with van der Waals surface area (Å²) in [6.45, 7) is 0. The van der Waals surface area contributed by atoms with Crippen LogP contribution in [0.5, 0.6) is 5.75 Å². The minimum atomic E-state index is -0.391. The number of hydrogen-bond acceptors (Lipinski definition) is 4. The molecule has 0 radical (unpaired) electrons. The number of halogens is 1. The summed E-state index contributed by atoms with van der Waals surface area (Å²) in [5, 5.41) is 16.3. The van der Waals surface area contributed by atoms with E-state index in [9.17, 15) is 9.90 Å². The summed E-state index contributed by atoms with van der Waals surface area (Å²) < 4.78 is 2.56. The molecule has 1 aromatic carbocycles. The molecule has 1 amide bonds. The number of hydrogen-bond donors (Lipinski definition) is 2. The van der Waals surface area contributed by atoms with E-state index in [1.807, 2.05) is 24.3 Å². The maximum absolute atomic E-state index is 12.1. The molecule has 6 nitrogen and oxygen atoms in total. The van der Waals surface area contributed by atoms with E-state index >= 15 is 0 Å². The van der Waals surface area contributed by atoms with E-state index in [1.54, 1.807) is 16.9 Å². The number of benzene rings is 1. The van der Waals surface area contributed by atoms with Gasteiger partial charge in [-0.05, 0) is 36.4 Å². The van der Waals surface area contributed by atoms with Crippen LogP contribution in [0.4, 0.5) is 5.82 Å². The van der Waals surface area contributed by atoms with E-state index < -0.39 is 5.91 Å². The molecule has 0 saturated carbocycles. The van der Waals surface area contributed by atoms with Gasteiger partial charge >= 0.3 is 0 Å². The standard InChI is InChI=1S/C15H11BrN4O2/c16-11-3-5-12(6-4-11)20-9-10(8-18-20)15(22)19-14-13(21)2-1-7-17-14/h1-9,21H,(H,17,19,22). The number of anilines is 1. The van der Waals surface area contributed by atoms with Crippen molar-refractivity contribution in [3.8, 4) is 11.4 Å². The van der Waals surface area contributed by atoms with Crippen LogP contribution in [0.15, 0.2) is 59.5 Å². The zero-order chi connectivity index (χ0) is 15.5. The van der Waals surface area contributed by atoms with Gasteiger partial charge in [0.25, 0.3) is 5.91 Å². The average Bonchev–Trinajstić information content (AvgIpc) is 3.00. The maximum Gasteiger partial charge on any atom is 0.260 e. The Kier molecular flexibility index (Phi) is 3.88. The van der Waals surface area contributed by atoms with Crippen LogP contribution >= 0.6 is 15.9 Å². The molecule has 0 fully saturated rings. The summed E-state index contributed by atoms with van der Waals surface area (Å²) in [5.74, 6) is -0.364. The van der Waals surface area contributed by atoms with Gasteiger partial charge in [0.1, 0.15) is 0 Å². The third-order valence-corrected chi connectivity index (χ3v) is 3.48.